The van der Waals surface area contributed by atoms with E-state index in [0.29, 0.717) is 17.5 Å². The second-order valence-corrected chi connectivity index (χ2v) is 5.76. The largest absolute Gasteiger partial charge is 0.312 e. The summed E-state index contributed by atoms with van der Waals surface area (Å²) in [5.41, 5.74) is 0.424. The fraction of sp³-hybridized carbons (Fsp3) is 1.00. The van der Waals surface area contributed by atoms with Gasteiger partial charge in [-0.1, -0.05) is 47.5 Å². The molecule has 0 heterocycles. The molecular weight excluding hydrogens is 208 g/mol. The van der Waals surface area contributed by atoms with Crippen LogP contribution in [0.1, 0.15) is 60.3 Å². The Morgan fingerprint density at radius 1 is 1.06 bits per heavy atom. The Morgan fingerprint density at radius 2 is 1.59 bits per heavy atom. The molecule has 2 nitrogen and oxygen atoms in total. The van der Waals surface area contributed by atoms with Gasteiger partial charge < -0.3 is 5.32 Å². The van der Waals surface area contributed by atoms with E-state index in [1.54, 1.807) is 0 Å². The summed E-state index contributed by atoms with van der Waals surface area (Å²) in [5.74, 6) is 0.716. The van der Waals surface area contributed by atoms with E-state index in [-0.39, 0.29) is 0 Å². The Kier molecular flexibility index (Phi) is 5.94. The number of nitrogens with one attached hydrogen (secondary N) is 1. The highest BCUT2D eigenvalue weighted by Gasteiger charge is 2.45. The molecule has 0 saturated heterocycles. The number of rotatable bonds is 7. The van der Waals surface area contributed by atoms with Crippen LogP contribution in [0.2, 0.25) is 0 Å². The quantitative estimate of drug-likeness (QED) is 0.735. The van der Waals surface area contributed by atoms with Crippen molar-refractivity contribution in [2.45, 2.75) is 71.9 Å². The second-order valence-electron chi connectivity index (χ2n) is 5.76. The van der Waals surface area contributed by atoms with Gasteiger partial charge >= 0.3 is 0 Å². The first kappa shape index (κ1) is 15.0. The van der Waals surface area contributed by atoms with E-state index in [2.05, 4.69) is 44.8 Å². The van der Waals surface area contributed by atoms with Crippen molar-refractivity contribution in [1.29, 1.82) is 0 Å². The van der Waals surface area contributed by atoms with Crippen LogP contribution in [0, 0.1) is 5.92 Å². The van der Waals surface area contributed by atoms with Crippen LogP contribution in [0.3, 0.4) is 0 Å². The first-order chi connectivity index (χ1) is 8.12. The van der Waals surface area contributed by atoms with Crippen LogP contribution in [-0.2, 0) is 0 Å². The van der Waals surface area contributed by atoms with Crippen molar-refractivity contribution >= 4 is 0 Å². The molecule has 0 radical (unpaired) electrons. The van der Waals surface area contributed by atoms with Crippen molar-refractivity contribution in [2.75, 3.05) is 19.6 Å². The third-order valence-electron chi connectivity index (χ3n) is 4.53. The Labute approximate surface area is 108 Å². The van der Waals surface area contributed by atoms with E-state index in [1.165, 1.54) is 38.8 Å². The number of likely N-dealkylation sites (N-methyl/N-ethyl adjacent to an activating group) is 2. The van der Waals surface area contributed by atoms with E-state index in [0.717, 1.165) is 6.54 Å². The third-order valence-corrected chi connectivity index (χ3v) is 4.53. The Hall–Kier alpha value is -0.0800. The van der Waals surface area contributed by atoms with Crippen LogP contribution in [0.5, 0.6) is 0 Å². The summed E-state index contributed by atoms with van der Waals surface area (Å²) in [6.07, 6.45) is 5.57. The molecule has 1 atom stereocenters. The zero-order valence-corrected chi connectivity index (χ0v) is 12.6. The molecule has 1 saturated carbocycles. The van der Waals surface area contributed by atoms with Crippen LogP contribution in [0.4, 0.5) is 0 Å². The lowest BCUT2D eigenvalue weighted by Crippen LogP contribution is -2.61. The molecule has 1 aliphatic rings. The smallest absolute Gasteiger partial charge is 0.0364 e. The van der Waals surface area contributed by atoms with Gasteiger partial charge in [0.25, 0.3) is 0 Å². The van der Waals surface area contributed by atoms with Gasteiger partial charge in [-0.25, -0.2) is 0 Å². The van der Waals surface area contributed by atoms with E-state index in [4.69, 9.17) is 0 Å². The molecule has 0 bridgehead atoms. The molecule has 102 valence electrons. The normalized spacial score (nSPS) is 21.4. The first-order valence-electron chi connectivity index (χ1n) is 7.60. The van der Waals surface area contributed by atoms with Gasteiger partial charge in [0.15, 0.2) is 0 Å². The van der Waals surface area contributed by atoms with Gasteiger partial charge in [-0.05, 0) is 38.4 Å². The molecule has 1 N–H and O–H groups in total. The summed E-state index contributed by atoms with van der Waals surface area (Å²) in [6, 6.07) is 0.648. The molecule has 1 fully saturated rings. The lowest BCUT2D eigenvalue weighted by molar-refractivity contribution is 0.0459. The topological polar surface area (TPSA) is 15.3 Å². The maximum atomic E-state index is 3.77. The molecule has 17 heavy (non-hydrogen) atoms. The van der Waals surface area contributed by atoms with Gasteiger partial charge in [0.2, 0.25) is 0 Å². The summed E-state index contributed by atoms with van der Waals surface area (Å²) >= 11 is 0. The highest BCUT2D eigenvalue weighted by Crippen LogP contribution is 2.40. The molecule has 0 amide bonds. The minimum absolute atomic E-state index is 0.424. The van der Waals surface area contributed by atoms with Crippen LogP contribution in [0.25, 0.3) is 0 Å². The molecule has 1 rings (SSSR count). The SMILES string of the molecule is CCNC(C(C)C)C1(N(CC)CC)CCCC1. The average molecular weight is 240 g/mol. The fourth-order valence-electron chi connectivity index (χ4n) is 3.93. The molecule has 0 aromatic carbocycles. The summed E-state index contributed by atoms with van der Waals surface area (Å²) in [4.78, 5) is 2.72. The van der Waals surface area contributed by atoms with Gasteiger partial charge in [-0.2, -0.15) is 0 Å². The van der Waals surface area contributed by atoms with Gasteiger partial charge in [0.05, 0.1) is 0 Å². The Balaban J connectivity index is 2.94. The van der Waals surface area contributed by atoms with Gasteiger partial charge in [0, 0.05) is 11.6 Å². The summed E-state index contributed by atoms with van der Waals surface area (Å²) in [6.45, 7) is 15.1. The second kappa shape index (κ2) is 6.75. The maximum absolute atomic E-state index is 3.77. The summed E-state index contributed by atoms with van der Waals surface area (Å²) in [7, 11) is 0. The molecule has 0 aromatic heterocycles. The summed E-state index contributed by atoms with van der Waals surface area (Å²) < 4.78 is 0. The van der Waals surface area contributed by atoms with E-state index in [9.17, 15) is 0 Å². The number of nitrogens with zero attached hydrogens (tertiary/aromatic N) is 1. The molecule has 0 aromatic rings. The molecule has 1 unspecified atom stereocenters. The van der Waals surface area contributed by atoms with Gasteiger partial charge in [-0.15, -0.1) is 0 Å². The van der Waals surface area contributed by atoms with Crippen molar-refractivity contribution < 1.29 is 0 Å². The van der Waals surface area contributed by atoms with Crippen molar-refractivity contribution in [2.24, 2.45) is 5.92 Å². The minimum Gasteiger partial charge on any atom is -0.312 e. The van der Waals surface area contributed by atoms with Crippen LogP contribution >= 0.6 is 0 Å². The highest BCUT2D eigenvalue weighted by molar-refractivity contribution is 5.04. The van der Waals surface area contributed by atoms with Crippen LogP contribution in [-0.4, -0.2) is 36.1 Å². The monoisotopic (exact) mass is 240 g/mol. The third kappa shape index (κ3) is 3.03. The summed E-state index contributed by atoms with van der Waals surface area (Å²) in [5, 5.41) is 3.77. The highest BCUT2D eigenvalue weighted by atomic mass is 15.2. The maximum Gasteiger partial charge on any atom is 0.0364 e. The van der Waals surface area contributed by atoms with Gasteiger partial charge in [-0.3, -0.25) is 4.90 Å². The minimum atomic E-state index is 0.424. The zero-order valence-electron chi connectivity index (χ0n) is 12.6. The molecule has 0 spiro atoms. The molecule has 0 aliphatic heterocycles. The number of hydrogen-bond acceptors (Lipinski definition) is 2. The predicted octanol–water partition coefficient (Wildman–Crippen LogP) is 3.28. The Morgan fingerprint density at radius 3 is 1.94 bits per heavy atom. The van der Waals surface area contributed by atoms with Crippen molar-refractivity contribution in [3.63, 3.8) is 0 Å². The van der Waals surface area contributed by atoms with Crippen molar-refractivity contribution in [3.8, 4) is 0 Å². The average Bonchev–Trinajstić information content (AvgIpc) is 2.77. The standard InChI is InChI=1S/C15H32N2/c1-6-16-14(13(4)5)15(11-9-10-12-15)17(7-2)8-3/h13-14,16H,6-12H2,1-5H3. The lowest BCUT2D eigenvalue weighted by Gasteiger charge is -2.48. The van der Waals surface area contributed by atoms with Crippen LogP contribution in [0.15, 0.2) is 0 Å². The van der Waals surface area contributed by atoms with E-state index < -0.39 is 0 Å². The number of hydrogen-bond donors (Lipinski definition) is 1. The molecular formula is C15H32N2. The lowest BCUT2D eigenvalue weighted by atomic mass is 9.79. The van der Waals surface area contributed by atoms with Crippen molar-refractivity contribution in [3.05, 3.63) is 0 Å². The predicted molar refractivity (Wildman–Crippen MR) is 76.4 cm³/mol. The first-order valence-corrected chi connectivity index (χ1v) is 7.60. The Bertz CT molecular complexity index is 203. The van der Waals surface area contributed by atoms with Gasteiger partial charge in [0.1, 0.15) is 0 Å². The fourth-order valence-corrected chi connectivity index (χ4v) is 3.93. The molecule has 2 heteroatoms. The van der Waals surface area contributed by atoms with E-state index >= 15 is 0 Å². The van der Waals surface area contributed by atoms with E-state index in [1.807, 2.05) is 0 Å². The molecule has 1 aliphatic carbocycles. The van der Waals surface area contributed by atoms with Crippen LogP contribution < -0.4 is 5.32 Å². The van der Waals surface area contributed by atoms with Crippen molar-refractivity contribution in [1.82, 2.24) is 10.2 Å². The zero-order chi connectivity index (χ0) is 12.9.